The van der Waals surface area contributed by atoms with Crippen molar-refractivity contribution in [2.45, 2.75) is 25.6 Å². The zero-order valence-corrected chi connectivity index (χ0v) is 18.3. The van der Waals surface area contributed by atoms with Gasteiger partial charge in [-0.3, -0.25) is 0 Å². The Kier molecular flexibility index (Phi) is 4.52. The Morgan fingerprint density at radius 2 is 2.14 bits per heavy atom. The number of fused-ring (bicyclic) bond motifs is 3. The quantitative estimate of drug-likeness (QED) is 0.527. The molecule has 0 bridgehead atoms. The lowest BCUT2D eigenvalue weighted by Gasteiger charge is -2.38. The van der Waals surface area contributed by atoms with Gasteiger partial charge in [0.05, 0.1) is 23.7 Å². The van der Waals surface area contributed by atoms with Crippen molar-refractivity contribution in [3.05, 3.63) is 73.9 Å². The maximum atomic E-state index is 10.4. The first-order valence-electron chi connectivity index (χ1n) is 9.28. The fourth-order valence-corrected chi connectivity index (χ4v) is 5.40. The number of benzene rings is 2. The van der Waals surface area contributed by atoms with E-state index in [1.54, 1.807) is 24.5 Å². The Morgan fingerprint density at radius 3 is 2.90 bits per heavy atom. The molecule has 0 amide bonds. The van der Waals surface area contributed by atoms with E-state index in [0.29, 0.717) is 6.42 Å². The van der Waals surface area contributed by atoms with Crippen molar-refractivity contribution in [1.29, 1.82) is 0 Å². The monoisotopic (exact) mass is 470 g/mol. The van der Waals surface area contributed by atoms with Gasteiger partial charge in [0.2, 0.25) is 6.23 Å². The van der Waals surface area contributed by atoms with Gasteiger partial charge in [0.1, 0.15) is 5.75 Å². The minimum absolute atomic E-state index is 0.00892. The number of methoxy groups -OCH3 is 1. The Labute approximate surface area is 181 Å². The van der Waals surface area contributed by atoms with Gasteiger partial charge in [0, 0.05) is 27.4 Å². The van der Waals surface area contributed by atoms with Crippen LogP contribution < -0.4 is 9.47 Å². The third-order valence-corrected chi connectivity index (χ3v) is 7.02. The fraction of sp³-hybridized carbons (Fsp3) is 0.227. The van der Waals surface area contributed by atoms with Gasteiger partial charge < -0.3 is 14.6 Å². The molecule has 0 spiro atoms. The van der Waals surface area contributed by atoms with Crippen molar-refractivity contribution < 1.29 is 14.6 Å². The van der Waals surface area contributed by atoms with Crippen LogP contribution in [0.4, 0.5) is 0 Å². The van der Waals surface area contributed by atoms with E-state index in [2.05, 4.69) is 28.1 Å². The number of rotatable bonds is 3. The third kappa shape index (κ3) is 3.09. The van der Waals surface area contributed by atoms with Gasteiger partial charge in [-0.15, -0.1) is 11.3 Å². The zero-order chi connectivity index (χ0) is 20.1. The highest BCUT2D eigenvalue weighted by atomic mass is 79.9. The standard InChI is InChI=1S/C22H19BrN2O3S/c1-12-6-7-18(26)15(8-12)16-10-17-14-4-3-5-19(27-2)21(14)28-22(25(17)24-16)20-9-13(23)11-29-20/h3-9,11,17,22,26H,10H2,1-2H3/t17-,22-/m1/s1. The molecule has 29 heavy (non-hydrogen) atoms. The third-order valence-electron chi connectivity index (χ3n) is 5.29. The molecule has 0 aliphatic carbocycles. The lowest BCUT2D eigenvalue weighted by molar-refractivity contribution is -0.0185. The number of aromatic hydroxyl groups is 1. The summed E-state index contributed by atoms with van der Waals surface area (Å²) in [5, 5.41) is 19.4. The first-order chi connectivity index (χ1) is 14.0. The second-order valence-corrected chi connectivity index (χ2v) is 9.04. The summed E-state index contributed by atoms with van der Waals surface area (Å²) < 4.78 is 13.0. The van der Waals surface area contributed by atoms with E-state index in [4.69, 9.17) is 14.6 Å². The van der Waals surface area contributed by atoms with Gasteiger partial charge in [-0.2, -0.15) is 5.10 Å². The van der Waals surface area contributed by atoms with Crippen molar-refractivity contribution in [1.82, 2.24) is 5.01 Å². The zero-order valence-electron chi connectivity index (χ0n) is 15.9. The van der Waals surface area contributed by atoms with Crippen LogP contribution in [0.5, 0.6) is 17.2 Å². The molecule has 1 aromatic heterocycles. The number of halogens is 1. The molecule has 5 rings (SSSR count). The molecule has 2 aliphatic rings. The smallest absolute Gasteiger partial charge is 0.223 e. The number of phenols is 1. The Balaban J connectivity index is 1.64. The van der Waals surface area contributed by atoms with Gasteiger partial charge in [-0.25, -0.2) is 5.01 Å². The van der Waals surface area contributed by atoms with E-state index in [9.17, 15) is 5.11 Å². The highest BCUT2D eigenvalue weighted by Gasteiger charge is 2.43. The second-order valence-electron chi connectivity index (χ2n) is 7.18. The number of nitrogens with zero attached hydrogens (tertiary/aromatic N) is 2. The molecule has 0 saturated carbocycles. The summed E-state index contributed by atoms with van der Waals surface area (Å²) in [5.41, 5.74) is 3.76. The van der Waals surface area contributed by atoms with Crippen molar-refractivity contribution >= 4 is 33.0 Å². The molecule has 2 aliphatic heterocycles. The van der Waals surface area contributed by atoms with Gasteiger partial charge in [-0.05, 0) is 47.1 Å². The maximum Gasteiger partial charge on any atom is 0.223 e. The van der Waals surface area contributed by atoms with Crippen LogP contribution in [0.15, 0.2) is 57.4 Å². The van der Waals surface area contributed by atoms with Gasteiger partial charge in [0.15, 0.2) is 11.5 Å². The molecule has 3 aromatic rings. The Hall–Kier alpha value is -2.51. The molecule has 7 heteroatoms. The molecule has 5 nitrogen and oxygen atoms in total. The van der Waals surface area contributed by atoms with Crippen LogP contribution in [0, 0.1) is 6.92 Å². The summed E-state index contributed by atoms with van der Waals surface area (Å²) in [5.74, 6) is 1.72. The van der Waals surface area contributed by atoms with E-state index in [0.717, 1.165) is 43.3 Å². The van der Waals surface area contributed by atoms with Crippen LogP contribution in [0.3, 0.4) is 0 Å². The number of thiophene rings is 1. The van der Waals surface area contributed by atoms with E-state index < -0.39 is 0 Å². The lowest BCUT2D eigenvalue weighted by Crippen LogP contribution is -2.33. The molecule has 0 unspecified atom stereocenters. The summed E-state index contributed by atoms with van der Waals surface area (Å²) in [6, 6.07) is 13.6. The fourth-order valence-electron chi connectivity index (χ4n) is 3.93. The van der Waals surface area contributed by atoms with Crippen LogP contribution >= 0.6 is 27.3 Å². The summed E-state index contributed by atoms with van der Waals surface area (Å²) in [4.78, 5) is 1.05. The maximum absolute atomic E-state index is 10.4. The highest BCUT2D eigenvalue weighted by molar-refractivity contribution is 9.10. The summed E-state index contributed by atoms with van der Waals surface area (Å²) in [6.07, 6.45) is 0.327. The first kappa shape index (κ1) is 18.5. The van der Waals surface area contributed by atoms with Crippen molar-refractivity contribution in [2.24, 2.45) is 5.10 Å². The van der Waals surface area contributed by atoms with Crippen molar-refractivity contribution in [3.63, 3.8) is 0 Å². The van der Waals surface area contributed by atoms with Gasteiger partial charge in [-0.1, -0.05) is 23.8 Å². The van der Waals surface area contributed by atoms with Gasteiger partial charge >= 0.3 is 0 Å². The number of hydrogen-bond acceptors (Lipinski definition) is 6. The predicted molar refractivity (Wildman–Crippen MR) is 117 cm³/mol. The van der Waals surface area contributed by atoms with Gasteiger partial charge in [0.25, 0.3) is 0 Å². The minimum atomic E-state index is -0.357. The predicted octanol–water partition coefficient (Wildman–Crippen LogP) is 5.78. The summed E-state index contributed by atoms with van der Waals surface area (Å²) in [6.45, 7) is 2.01. The molecule has 0 fully saturated rings. The largest absolute Gasteiger partial charge is 0.507 e. The number of hydrogen-bond donors (Lipinski definition) is 1. The number of ether oxygens (including phenoxy) is 2. The molecule has 0 radical (unpaired) electrons. The van der Waals surface area contributed by atoms with E-state index >= 15 is 0 Å². The molecular formula is C22H19BrN2O3S. The SMILES string of the molecule is COc1cccc2c1O[C@H](c1cc(Br)cs1)N1N=C(c3cc(C)ccc3O)C[C@H]21. The van der Waals surface area contributed by atoms with Crippen LogP contribution in [-0.4, -0.2) is 22.9 Å². The molecular weight excluding hydrogens is 452 g/mol. The van der Waals surface area contributed by atoms with E-state index in [1.807, 2.05) is 41.6 Å². The summed E-state index contributed by atoms with van der Waals surface area (Å²) in [7, 11) is 1.66. The van der Waals surface area contributed by atoms with Crippen molar-refractivity contribution in [2.75, 3.05) is 7.11 Å². The molecule has 2 atom stereocenters. The normalized spacial score (nSPS) is 20.0. The molecule has 3 heterocycles. The minimum Gasteiger partial charge on any atom is -0.507 e. The molecule has 2 aromatic carbocycles. The topological polar surface area (TPSA) is 54.3 Å². The van der Waals surface area contributed by atoms with Crippen LogP contribution in [-0.2, 0) is 0 Å². The van der Waals surface area contributed by atoms with Crippen LogP contribution in [0.25, 0.3) is 0 Å². The number of hydrazone groups is 1. The first-order valence-corrected chi connectivity index (χ1v) is 11.0. The average Bonchev–Trinajstić information content (AvgIpc) is 3.35. The van der Waals surface area contributed by atoms with Crippen LogP contribution in [0.2, 0.25) is 0 Å². The Bertz CT molecular complexity index is 1130. The molecule has 1 N–H and O–H groups in total. The van der Waals surface area contributed by atoms with Crippen molar-refractivity contribution in [3.8, 4) is 17.2 Å². The molecule has 0 saturated heterocycles. The van der Waals surface area contributed by atoms with E-state index in [1.165, 1.54) is 0 Å². The van der Waals surface area contributed by atoms with E-state index in [-0.39, 0.29) is 18.0 Å². The number of aryl methyl sites for hydroxylation is 1. The lowest BCUT2D eigenvalue weighted by atomic mass is 9.95. The average molecular weight is 471 g/mol. The number of para-hydroxylation sites is 1. The number of phenolic OH excluding ortho intramolecular Hbond substituents is 1. The van der Waals surface area contributed by atoms with Crippen LogP contribution in [0.1, 0.15) is 40.3 Å². The molecule has 148 valence electrons. The second kappa shape index (κ2) is 7.07. The Morgan fingerprint density at radius 1 is 1.28 bits per heavy atom. The summed E-state index contributed by atoms with van der Waals surface area (Å²) >= 11 is 5.16. The highest BCUT2D eigenvalue weighted by Crippen LogP contribution is 2.51.